The number of rotatable bonds is 3. The average molecular weight is 298 g/mol. The third kappa shape index (κ3) is 3.53. The number of aromatic nitrogens is 1. The predicted octanol–water partition coefficient (Wildman–Crippen LogP) is 0.244. The highest BCUT2D eigenvalue weighted by atomic mass is 32.2. The van der Waals surface area contributed by atoms with Gasteiger partial charge in [0.25, 0.3) is 10.2 Å². The minimum atomic E-state index is -3.65. The Morgan fingerprint density at radius 1 is 1.45 bits per heavy atom. The van der Waals surface area contributed by atoms with Crippen molar-refractivity contribution >= 4 is 21.9 Å². The maximum Gasteiger partial charge on any atom is 0.276 e. The molecule has 0 atom stereocenters. The SMILES string of the molecule is Cc1cccnc1NC(=O)C1CCN(S(N)(=O)=O)CC1. The molecule has 0 unspecified atom stereocenters. The van der Waals surface area contributed by atoms with E-state index in [2.05, 4.69) is 10.3 Å². The van der Waals surface area contributed by atoms with Gasteiger partial charge in [0.2, 0.25) is 5.91 Å². The molecule has 1 aromatic rings. The van der Waals surface area contributed by atoms with Crippen molar-refractivity contribution in [1.29, 1.82) is 0 Å². The summed E-state index contributed by atoms with van der Waals surface area (Å²) in [6.45, 7) is 2.42. The summed E-state index contributed by atoms with van der Waals surface area (Å²) in [5.74, 6) is 0.210. The molecule has 7 nitrogen and oxygen atoms in total. The molecule has 3 N–H and O–H groups in total. The molecule has 110 valence electrons. The van der Waals surface area contributed by atoms with Gasteiger partial charge in [0.05, 0.1) is 0 Å². The molecule has 0 aromatic carbocycles. The van der Waals surface area contributed by atoms with Crippen molar-refractivity contribution in [3.05, 3.63) is 23.9 Å². The first-order valence-corrected chi connectivity index (χ1v) is 7.88. The number of amides is 1. The lowest BCUT2D eigenvalue weighted by molar-refractivity contribution is -0.120. The van der Waals surface area contributed by atoms with Crippen LogP contribution in [0.3, 0.4) is 0 Å². The number of nitrogens with two attached hydrogens (primary N) is 1. The molecule has 20 heavy (non-hydrogen) atoms. The standard InChI is InChI=1S/C12H18N4O3S/c1-9-3-2-6-14-11(9)15-12(17)10-4-7-16(8-5-10)20(13,18)19/h2-3,6,10H,4-5,7-8H2,1H3,(H2,13,18,19)(H,14,15,17). The van der Waals surface area contributed by atoms with Crippen LogP contribution in [0.4, 0.5) is 5.82 Å². The van der Waals surface area contributed by atoms with Crippen molar-refractivity contribution in [2.75, 3.05) is 18.4 Å². The Morgan fingerprint density at radius 3 is 2.65 bits per heavy atom. The molecule has 1 aliphatic rings. The van der Waals surface area contributed by atoms with Gasteiger partial charge in [-0.15, -0.1) is 0 Å². The summed E-state index contributed by atoms with van der Waals surface area (Å²) < 4.78 is 23.6. The zero-order chi connectivity index (χ0) is 14.8. The van der Waals surface area contributed by atoms with Crippen molar-refractivity contribution in [3.8, 4) is 0 Å². The molecule has 1 amide bonds. The number of pyridine rings is 1. The molecule has 1 aliphatic heterocycles. The fourth-order valence-corrected chi connectivity index (χ4v) is 2.93. The predicted molar refractivity (Wildman–Crippen MR) is 75.0 cm³/mol. The van der Waals surface area contributed by atoms with E-state index in [-0.39, 0.29) is 24.9 Å². The highest BCUT2D eigenvalue weighted by molar-refractivity contribution is 7.86. The summed E-state index contributed by atoms with van der Waals surface area (Å²) in [5, 5.41) is 7.85. The van der Waals surface area contributed by atoms with Crippen LogP contribution < -0.4 is 10.5 Å². The Balaban J connectivity index is 1.94. The number of carbonyl (C=O) groups is 1. The van der Waals surface area contributed by atoms with Gasteiger partial charge < -0.3 is 5.32 Å². The highest BCUT2D eigenvalue weighted by Gasteiger charge is 2.29. The second kappa shape index (κ2) is 5.86. The molecule has 0 saturated carbocycles. The molecule has 1 aromatic heterocycles. The summed E-state index contributed by atoms with van der Waals surface area (Å²) in [6, 6.07) is 3.67. The van der Waals surface area contributed by atoms with Crippen LogP contribution in [0.2, 0.25) is 0 Å². The number of hydrogen-bond donors (Lipinski definition) is 2. The molecule has 0 aliphatic carbocycles. The lowest BCUT2D eigenvalue weighted by Crippen LogP contribution is -2.44. The van der Waals surface area contributed by atoms with Gasteiger partial charge in [0.15, 0.2) is 0 Å². The van der Waals surface area contributed by atoms with Crippen LogP contribution in [0.25, 0.3) is 0 Å². The van der Waals surface area contributed by atoms with Crippen LogP contribution >= 0.6 is 0 Å². The topological polar surface area (TPSA) is 105 Å². The molecule has 0 bridgehead atoms. The lowest BCUT2D eigenvalue weighted by Gasteiger charge is -2.29. The van der Waals surface area contributed by atoms with Crippen molar-refractivity contribution in [3.63, 3.8) is 0 Å². The van der Waals surface area contributed by atoms with Crippen molar-refractivity contribution in [2.45, 2.75) is 19.8 Å². The van der Waals surface area contributed by atoms with E-state index < -0.39 is 10.2 Å². The molecule has 0 spiro atoms. The Labute approximate surface area is 118 Å². The minimum Gasteiger partial charge on any atom is -0.310 e. The number of piperidine rings is 1. The normalized spacial score (nSPS) is 17.9. The van der Waals surface area contributed by atoms with Gasteiger partial charge in [-0.1, -0.05) is 6.07 Å². The van der Waals surface area contributed by atoms with E-state index in [1.807, 2.05) is 13.0 Å². The van der Waals surface area contributed by atoms with Gasteiger partial charge in [0.1, 0.15) is 5.82 Å². The quantitative estimate of drug-likeness (QED) is 0.834. The number of hydrogen-bond acceptors (Lipinski definition) is 4. The summed E-state index contributed by atoms with van der Waals surface area (Å²) >= 11 is 0. The fraction of sp³-hybridized carbons (Fsp3) is 0.500. The number of anilines is 1. The summed E-state index contributed by atoms with van der Waals surface area (Å²) in [6.07, 6.45) is 2.55. The summed E-state index contributed by atoms with van der Waals surface area (Å²) in [7, 11) is -3.65. The van der Waals surface area contributed by atoms with Gasteiger partial charge in [-0.2, -0.15) is 12.7 Å². The van der Waals surface area contributed by atoms with Gasteiger partial charge in [-0.05, 0) is 31.4 Å². The second-order valence-electron chi connectivity index (χ2n) is 4.88. The molecule has 2 rings (SSSR count). The van der Waals surface area contributed by atoms with Gasteiger partial charge in [0, 0.05) is 25.2 Å². The monoisotopic (exact) mass is 298 g/mol. The van der Waals surface area contributed by atoms with Crippen LogP contribution in [0.15, 0.2) is 18.3 Å². The third-order valence-electron chi connectivity index (χ3n) is 3.44. The van der Waals surface area contributed by atoms with Crippen molar-refractivity contribution in [1.82, 2.24) is 9.29 Å². The van der Waals surface area contributed by atoms with E-state index in [0.717, 1.165) is 5.56 Å². The first kappa shape index (κ1) is 14.9. The number of nitrogens with one attached hydrogen (secondary N) is 1. The van der Waals surface area contributed by atoms with Crippen LogP contribution in [0.1, 0.15) is 18.4 Å². The number of aryl methyl sites for hydroxylation is 1. The van der Waals surface area contributed by atoms with Crippen molar-refractivity contribution < 1.29 is 13.2 Å². The molecule has 0 radical (unpaired) electrons. The zero-order valence-electron chi connectivity index (χ0n) is 11.2. The van der Waals surface area contributed by atoms with Crippen molar-refractivity contribution in [2.24, 2.45) is 11.1 Å². The van der Waals surface area contributed by atoms with Crippen LogP contribution in [-0.2, 0) is 15.0 Å². The first-order chi connectivity index (χ1) is 9.38. The fourth-order valence-electron chi connectivity index (χ4n) is 2.21. The molecule has 2 heterocycles. The van der Waals surface area contributed by atoms with Crippen LogP contribution in [0.5, 0.6) is 0 Å². The smallest absolute Gasteiger partial charge is 0.276 e. The summed E-state index contributed by atoms with van der Waals surface area (Å²) in [4.78, 5) is 16.2. The maximum atomic E-state index is 12.1. The highest BCUT2D eigenvalue weighted by Crippen LogP contribution is 2.20. The van der Waals surface area contributed by atoms with E-state index in [1.54, 1.807) is 12.3 Å². The molecule has 1 saturated heterocycles. The average Bonchev–Trinajstić information content (AvgIpc) is 2.40. The van der Waals surface area contributed by atoms with Crippen LogP contribution in [0, 0.1) is 12.8 Å². The van der Waals surface area contributed by atoms with Gasteiger partial charge in [-0.25, -0.2) is 10.1 Å². The van der Waals surface area contributed by atoms with Crippen LogP contribution in [-0.4, -0.2) is 36.7 Å². The zero-order valence-corrected chi connectivity index (χ0v) is 12.1. The minimum absolute atomic E-state index is 0.124. The first-order valence-electron chi connectivity index (χ1n) is 6.38. The molecule has 8 heteroatoms. The van der Waals surface area contributed by atoms with E-state index >= 15 is 0 Å². The maximum absolute atomic E-state index is 12.1. The Bertz CT molecular complexity index is 594. The third-order valence-corrected chi connectivity index (χ3v) is 4.52. The Morgan fingerprint density at radius 2 is 2.10 bits per heavy atom. The number of nitrogens with zero attached hydrogens (tertiary/aromatic N) is 2. The largest absolute Gasteiger partial charge is 0.310 e. The van der Waals surface area contributed by atoms with Gasteiger partial charge in [-0.3, -0.25) is 4.79 Å². The molecule has 1 fully saturated rings. The van der Waals surface area contributed by atoms with Gasteiger partial charge >= 0.3 is 0 Å². The molecular weight excluding hydrogens is 280 g/mol. The Kier molecular flexibility index (Phi) is 4.36. The summed E-state index contributed by atoms with van der Waals surface area (Å²) in [5.41, 5.74) is 0.892. The van der Waals surface area contributed by atoms with E-state index in [1.165, 1.54) is 4.31 Å². The van der Waals surface area contributed by atoms with E-state index in [0.29, 0.717) is 18.7 Å². The Hall–Kier alpha value is -1.51. The second-order valence-corrected chi connectivity index (χ2v) is 6.42. The number of carbonyl (C=O) groups excluding carboxylic acids is 1. The van der Waals surface area contributed by atoms with E-state index in [9.17, 15) is 13.2 Å². The lowest BCUT2D eigenvalue weighted by atomic mass is 9.97. The molecular formula is C12H18N4O3S. The van der Waals surface area contributed by atoms with E-state index in [4.69, 9.17) is 5.14 Å².